The van der Waals surface area contributed by atoms with Crippen LogP contribution in [0.2, 0.25) is 0 Å². The van der Waals surface area contributed by atoms with E-state index in [2.05, 4.69) is 0 Å². The molecule has 7 nitrogen and oxygen atoms in total. The van der Waals surface area contributed by atoms with Gasteiger partial charge in [0.05, 0.1) is 6.61 Å². The van der Waals surface area contributed by atoms with Crippen molar-refractivity contribution in [2.45, 2.75) is 64.7 Å². The van der Waals surface area contributed by atoms with Gasteiger partial charge in [0.15, 0.2) is 29.2 Å². The molecular formula is C14H20O7. The summed E-state index contributed by atoms with van der Waals surface area (Å²) in [5.74, 6) is -1.23. The average molecular weight is 300 g/mol. The van der Waals surface area contributed by atoms with Gasteiger partial charge in [0, 0.05) is 6.92 Å². The summed E-state index contributed by atoms with van der Waals surface area (Å²) >= 11 is 0. The van der Waals surface area contributed by atoms with Crippen LogP contribution in [-0.2, 0) is 33.2 Å². The molecule has 3 atom stereocenters. The van der Waals surface area contributed by atoms with Crippen LogP contribution in [0, 0.1) is 0 Å². The second kappa shape index (κ2) is 4.67. The number of esters is 1. The molecule has 0 aromatic rings. The van der Waals surface area contributed by atoms with Crippen molar-refractivity contribution >= 4 is 5.97 Å². The Morgan fingerprint density at radius 2 is 1.86 bits per heavy atom. The van der Waals surface area contributed by atoms with Crippen LogP contribution in [0.1, 0.15) is 34.6 Å². The van der Waals surface area contributed by atoms with Gasteiger partial charge >= 0.3 is 5.97 Å². The van der Waals surface area contributed by atoms with Crippen molar-refractivity contribution in [3.05, 3.63) is 11.5 Å². The van der Waals surface area contributed by atoms with E-state index in [1.807, 2.05) is 13.8 Å². The van der Waals surface area contributed by atoms with Gasteiger partial charge in [-0.2, -0.15) is 0 Å². The third-order valence-corrected chi connectivity index (χ3v) is 3.36. The van der Waals surface area contributed by atoms with E-state index in [1.165, 1.54) is 6.92 Å². The third-order valence-electron chi connectivity index (χ3n) is 3.36. The summed E-state index contributed by atoms with van der Waals surface area (Å²) in [6, 6.07) is 0. The van der Waals surface area contributed by atoms with Crippen molar-refractivity contribution < 1.29 is 33.2 Å². The van der Waals surface area contributed by atoms with Gasteiger partial charge in [0.2, 0.25) is 6.29 Å². The van der Waals surface area contributed by atoms with Crippen LogP contribution >= 0.6 is 0 Å². The van der Waals surface area contributed by atoms with E-state index in [-0.39, 0.29) is 0 Å². The summed E-state index contributed by atoms with van der Waals surface area (Å²) in [5.41, 5.74) is 0. The molecule has 0 aliphatic carbocycles. The van der Waals surface area contributed by atoms with Gasteiger partial charge in [-0.25, -0.2) is 0 Å². The topological polar surface area (TPSA) is 72.5 Å². The van der Waals surface area contributed by atoms with Crippen molar-refractivity contribution in [3.63, 3.8) is 0 Å². The fourth-order valence-electron chi connectivity index (χ4n) is 2.63. The molecule has 0 saturated carbocycles. The molecule has 0 aromatic carbocycles. The number of hydrogen-bond acceptors (Lipinski definition) is 7. The monoisotopic (exact) mass is 300 g/mol. The molecular weight excluding hydrogens is 280 g/mol. The lowest BCUT2D eigenvalue weighted by molar-refractivity contribution is -0.190. The second-order valence-electron chi connectivity index (χ2n) is 6.18. The molecule has 0 unspecified atom stereocenters. The summed E-state index contributed by atoms with van der Waals surface area (Å²) in [7, 11) is 0. The quantitative estimate of drug-likeness (QED) is 0.714. The maximum atomic E-state index is 11.4. The number of ether oxygens (including phenoxy) is 6. The molecule has 3 rings (SSSR count). The van der Waals surface area contributed by atoms with Gasteiger partial charge in [-0.15, -0.1) is 0 Å². The Kier molecular flexibility index (Phi) is 3.29. The fraction of sp³-hybridized carbons (Fsp3) is 0.786. The highest BCUT2D eigenvalue weighted by molar-refractivity contribution is 5.67. The number of fused-ring (bicyclic) bond motifs is 1. The first-order valence-electron chi connectivity index (χ1n) is 6.93. The molecule has 118 valence electrons. The highest BCUT2D eigenvalue weighted by Crippen LogP contribution is 2.43. The maximum absolute atomic E-state index is 11.4. The van der Waals surface area contributed by atoms with Crippen LogP contribution in [0.15, 0.2) is 11.5 Å². The molecule has 3 aliphatic rings. The summed E-state index contributed by atoms with van der Waals surface area (Å²) < 4.78 is 33.7. The Labute approximate surface area is 123 Å². The van der Waals surface area contributed by atoms with Crippen molar-refractivity contribution in [3.8, 4) is 0 Å². The van der Waals surface area contributed by atoms with Crippen molar-refractivity contribution in [1.82, 2.24) is 0 Å². The van der Waals surface area contributed by atoms with Crippen LogP contribution < -0.4 is 0 Å². The van der Waals surface area contributed by atoms with Gasteiger partial charge in [-0.3, -0.25) is 4.79 Å². The molecule has 0 spiro atoms. The molecule has 0 radical (unpaired) electrons. The SMILES string of the molecule is CC(=O)OC1=C([C@H]2COC(C)(C)O2)O[C@@H]2OC(C)(C)O[C@@H]12. The number of carbonyl (C=O) groups excluding carboxylic acids is 1. The fourth-order valence-corrected chi connectivity index (χ4v) is 2.63. The van der Waals surface area contributed by atoms with Crippen LogP contribution in [0.3, 0.4) is 0 Å². The Balaban J connectivity index is 1.87. The van der Waals surface area contributed by atoms with Gasteiger partial charge < -0.3 is 28.4 Å². The van der Waals surface area contributed by atoms with E-state index >= 15 is 0 Å². The zero-order chi connectivity index (χ0) is 15.4. The predicted molar refractivity (Wildman–Crippen MR) is 68.6 cm³/mol. The molecule has 3 heterocycles. The van der Waals surface area contributed by atoms with Gasteiger partial charge in [-0.05, 0) is 27.7 Å². The molecule has 3 aliphatic heterocycles. The van der Waals surface area contributed by atoms with Gasteiger partial charge in [0.25, 0.3) is 0 Å². The molecule has 7 heteroatoms. The summed E-state index contributed by atoms with van der Waals surface area (Å²) in [5, 5.41) is 0. The maximum Gasteiger partial charge on any atom is 0.307 e. The number of carbonyl (C=O) groups is 1. The lowest BCUT2D eigenvalue weighted by Gasteiger charge is -2.21. The van der Waals surface area contributed by atoms with E-state index in [9.17, 15) is 4.79 Å². The lowest BCUT2D eigenvalue weighted by atomic mass is 10.2. The van der Waals surface area contributed by atoms with E-state index in [0.29, 0.717) is 18.1 Å². The Bertz CT molecular complexity index is 494. The largest absolute Gasteiger partial charge is 0.459 e. The molecule has 0 amide bonds. The standard InChI is InChI=1S/C14H20O7/c1-7(15)17-10-9(8-6-16-13(2,3)19-8)18-12-11(10)20-14(4,5)21-12/h8,11-12H,6H2,1-5H3/t8-,11+,12-/m1/s1. The van der Waals surface area contributed by atoms with E-state index in [4.69, 9.17) is 28.4 Å². The Hall–Kier alpha value is -1.15. The van der Waals surface area contributed by atoms with Crippen LogP contribution in [0.4, 0.5) is 0 Å². The van der Waals surface area contributed by atoms with E-state index in [1.54, 1.807) is 13.8 Å². The van der Waals surface area contributed by atoms with E-state index < -0.39 is 36.0 Å². The lowest BCUT2D eigenvalue weighted by Crippen LogP contribution is -2.26. The smallest absolute Gasteiger partial charge is 0.307 e. The molecule has 0 aromatic heterocycles. The zero-order valence-corrected chi connectivity index (χ0v) is 12.8. The first-order chi connectivity index (χ1) is 9.67. The minimum Gasteiger partial charge on any atom is -0.459 e. The minimum atomic E-state index is -0.793. The van der Waals surface area contributed by atoms with Crippen LogP contribution in [-0.4, -0.2) is 42.6 Å². The Morgan fingerprint density at radius 3 is 2.43 bits per heavy atom. The summed E-state index contributed by atoms with van der Waals surface area (Å²) in [6.07, 6.45) is -1.67. The first-order valence-corrected chi connectivity index (χ1v) is 6.93. The van der Waals surface area contributed by atoms with Gasteiger partial charge in [0.1, 0.15) is 6.10 Å². The average Bonchev–Trinajstić information content (AvgIpc) is 2.90. The number of hydrogen-bond donors (Lipinski definition) is 0. The Morgan fingerprint density at radius 1 is 1.14 bits per heavy atom. The first kappa shape index (κ1) is 14.8. The van der Waals surface area contributed by atoms with Crippen LogP contribution in [0.5, 0.6) is 0 Å². The molecule has 0 bridgehead atoms. The molecule has 21 heavy (non-hydrogen) atoms. The predicted octanol–water partition coefficient (Wildman–Crippen LogP) is 1.42. The second-order valence-corrected chi connectivity index (χ2v) is 6.18. The zero-order valence-electron chi connectivity index (χ0n) is 12.8. The minimum absolute atomic E-state index is 0.310. The van der Waals surface area contributed by atoms with E-state index in [0.717, 1.165) is 0 Å². The van der Waals surface area contributed by atoms with Crippen molar-refractivity contribution in [1.29, 1.82) is 0 Å². The normalized spacial score (nSPS) is 36.5. The van der Waals surface area contributed by atoms with Crippen LogP contribution in [0.25, 0.3) is 0 Å². The van der Waals surface area contributed by atoms with Crippen molar-refractivity contribution in [2.24, 2.45) is 0 Å². The summed E-state index contributed by atoms with van der Waals surface area (Å²) in [6.45, 7) is 8.82. The summed E-state index contributed by atoms with van der Waals surface area (Å²) in [4.78, 5) is 11.4. The molecule has 2 fully saturated rings. The third kappa shape index (κ3) is 2.78. The van der Waals surface area contributed by atoms with Gasteiger partial charge in [-0.1, -0.05) is 0 Å². The molecule has 2 saturated heterocycles. The highest BCUT2D eigenvalue weighted by atomic mass is 16.8. The molecule has 0 N–H and O–H groups in total. The highest BCUT2D eigenvalue weighted by Gasteiger charge is 2.54. The number of rotatable bonds is 2. The van der Waals surface area contributed by atoms with Crippen molar-refractivity contribution in [2.75, 3.05) is 6.61 Å².